The molecule has 10 heteroatoms. The van der Waals surface area contributed by atoms with Crippen molar-refractivity contribution in [3.05, 3.63) is 0 Å². The van der Waals surface area contributed by atoms with Gasteiger partial charge in [-0.15, -0.1) is 0 Å². The summed E-state index contributed by atoms with van der Waals surface area (Å²) in [6, 6.07) is 0. The molecule has 1 heterocycles. The van der Waals surface area contributed by atoms with Gasteiger partial charge in [0.15, 0.2) is 0 Å². The monoisotopic (exact) mass is 438 g/mol. The van der Waals surface area contributed by atoms with Gasteiger partial charge < -0.3 is 24.4 Å². The Morgan fingerprint density at radius 3 is 0.929 bits per heavy atom. The minimum atomic E-state index is -3.76. The highest BCUT2D eigenvalue weighted by Gasteiger charge is 1.91. The molecule has 0 aromatic heterocycles. The van der Waals surface area contributed by atoms with Crippen LogP contribution in [0.2, 0.25) is 0 Å². The zero-order valence-electron chi connectivity index (χ0n) is 7.11. The zero-order valence-corrected chi connectivity index (χ0v) is 11.4. The number of hydrogen-bond donors (Lipinski definition) is 4. The topological polar surface area (TPSA) is 157 Å². The molecule has 1 saturated heterocycles. The van der Waals surface area contributed by atoms with Crippen LogP contribution in [0.4, 0.5) is 0 Å². The molecule has 0 aromatic rings. The average Bonchev–Trinajstić information content (AvgIpc) is 2.05. The van der Waals surface area contributed by atoms with E-state index < -0.39 is 42.1 Å². The minimum absolute atomic E-state index is 1.14. The molecular formula is C4H12I2N2O6. The summed E-state index contributed by atoms with van der Waals surface area (Å²) in [4.78, 5) is 0. The Balaban J connectivity index is 0. The Morgan fingerprint density at radius 1 is 0.714 bits per heavy atom. The van der Waals surface area contributed by atoms with Gasteiger partial charge in [-0.3, -0.25) is 0 Å². The first-order chi connectivity index (χ1) is 6.46. The number of halogens is 2. The molecule has 8 nitrogen and oxygen atoms in total. The largest absolute Gasteiger partial charge is 0.503 e. The van der Waals surface area contributed by atoms with E-state index in [0.29, 0.717) is 0 Å². The number of nitrogens with one attached hydrogen (secondary N) is 2. The molecular weight excluding hydrogens is 426 g/mol. The maximum Gasteiger partial charge on any atom is 0.503 e. The van der Waals surface area contributed by atoms with Crippen molar-refractivity contribution in [1.29, 1.82) is 0 Å². The smallest absolute Gasteiger partial charge is 0.396 e. The van der Waals surface area contributed by atoms with E-state index in [2.05, 4.69) is 10.6 Å². The second-order valence-corrected chi connectivity index (χ2v) is 4.20. The van der Waals surface area contributed by atoms with Crippen LogP contribution in [0.5, 0.6) is 0 Å². The predicted octanol–water partition coefficient (Wildman–Crippen LogP) is -12.7. The van der Waals surface area contributed by atoms with E-state index in [-0.39, 0.29) is 0 Å². The van der Waals surface area contributed by atoms with E-state index in [4.69, 9.17) is 20.6 Å². The van der Waals surface area contributed by atoms with Crippen molar-refractivity contribution in [2.24, 2.45) is 0 Å². The van der Waals surface area contributed by atoms with E-state index in [1.807, 2.05) is 0 Å². The summed E-state index contributed by atoms with van der Waals surface area (Å²) in [5.41, 5.74) is 0. The first kappa shape index (κ1) is 17.5. The van der Waals surface area contributed by atoms with Crippen LogP contribution < -0.4 is 66.5 Å². The summed E-state index contributed by atoms with van der Waals surface area (Å²) in [5, 5.41) is 6.44. The highest BCUT2D eigenvalue weighted by molar-refractivity contribution is 4.59. The van der Waals surface area contributed by atoms with E-state index in [9.17, 15) is 0 Å². The predicted molar refractivity (Wildman–Crippen MR) is 30.2 cm³/mol. The quantitative estimate of drug-likeness (QED) is 0.272. The molecule has 0 atom stereocenters. The van der Waals surface area contributed by atoms with Crippen LogP contribution in [-0.2, 0) is 0 Å². The first-order valence-corrected chi connectivity index (χ1v) is 8.82. The molecule has 0 bridgehead atoms. The van der Waals surface area contributed by atoms with E-state index in [1.54, 1.807) is 0 Å². The van der Waals surface area contributed by atoms with Gasteiger partial charge in [0.05, 0.1) is 0 Å². The molecule has 0 aliphatic carbocycles. The lowest BCUT2D eigenvalue weighted by atomic mass is 10.4. The van der Waals surface area contributed by atoms with Gasteiger partial charge in [-0.2, -0.15) is 0 Å². The molecule has 1 rings (SSSR count). The molecule has 0 amide bonds. The third kappa shape index (κ3) is 38.0. The molecule has 14 heavy (non-hydrogen) atoms. The van der Waals surface area contributed by atoms with Crippen LogP contribution in [0.25, 0.3) is 0 Å². The molecule has 88 valence electrons. The lowest BCUT2D eigenvalue weighted by Crippen LogP contribution is -3.98. The molecule has 4 N–H and O–H groups in total. The highest BCUT2D eigenvalue weighted by atomic mass is 127. The lowest BCUT2D eigenvalue weighted by Gasteiger charge is -2.11. The van der Waals surface area contributed by atoms with Crippen molar-refractivity contribution in [3.8, 4) is 0 Å². The van der Waals surface area contributed by atoms with E-state index >= 15 is 0 Å². The van der Waals surface area contributed by atoms with Crippen LogP contribution in [0.15, 0.2) is 0 Å². The van der Waals surface area contributed by atoms with Crippen LogP contribution >= 0.6 is 0 Å². The minimum Gasteiger partial charge on any atom is -0.396 e. The molecule has 0 aromatic carbocycles. The van der Waals surface area contributed by atoms with Gasteiger partial charge in [0, 0.05) is 26.2 Å². The summed E-state index contributed by atoms with van der Waals surface area (Å²) in [7, 11) is 0. The van der Waals surface area contributed by atoms with Gasteiger partial charge in [0.2, 0.25) is 0 Å². The Kier molecular flexibility index (Phi) is 17.7. The summed E-state index contributed by atoms with van der Waals surface area (Å²) in [5.74, 6) is 0. The average molecular weight is 438 g/mol. The molecule has 0 radical (unpaired) electrons. The van der Waals surface area contributed by atoms with Crippen LogP contribution in [0, 0.1) is 0 Å². The van der Waals surface area contributed by atoms with Gasteiger partial charge in [-0.1, -0.05) is 0 Å². The van der Waals surface area contributed by atoms with Crippen molar-refractivity contribution in [3.63, 3.8) is 0 Å². The highest BCUT2D eigenvalue weighted by Crippen LogP contribution is 1.65. The third-order valence-corrected chi connectivity index (χ3v) is 0.957. The van der Waals surface area contributed by atoms with Crippen molar-refractivity contribution in [1.82, 2.24) is 10.6 Å². The molecule has 0 saturated carbocycles. The Morgan fingerprint density at radius 2 is 0.857 bits per heavy atom. The van der Waals surface area contributed by atoms with Gasteiger partial charge in [-0.25, -0.2) is 0 Å². The molecule has 0 unspecified atom stereocenters. The molecule has 1 aliphatic rings. The maximum atomic E-state index is 8.68. The Hall–Kier alpha value is 1.14. The van der Waals surface area contributed by atoms with Crippen molar-refractivity contribution in [2.45, 2.75) is 0 Å². The summed E-state index contributed by atoms with van der Waals surface area (Å²) < 4.78 is 48.9. The van der Waals surface area contributed by atoms with Gasteiger partial charge in [0.25, 0.3) is 0 Å². The fraction of sp³-hybridized carbons (Fsp3) is 1.00. The van der Waals surface area contributed by atoms with Crippen molar-refractivity contribution < 1.29 is 62.7 Å². The molecule has 0 spiro atoms. The SMILES string of the molecule is C1CNCCN1.[O-][I+2]([O-])O.[O-][I+2]([O-])O. The standard InChI is InChI=1S/C4H10N2.2HIO3/c1-2-6-4-3-5-1;2*2-1(3)4/h5-6H,1-4H2;2*2H. The number of hydrogen-bond acceptors (Lipinski definition) is 8. The Bertz CT molecular complexity index is 80.8. The fourth-order valence-corrected chi connectivity index (χ4v) is 0.604. The van der Waals surface area contributed by atoms with Gasteiger partial charge >= 0.3 is 42.1 Å². The molecule has 1 aliphatic heterocycles. The van der Waals surface area contributed by atoms with Crippen LogP contribution in [0.1, 0.15) is 0 Å². The van der Waals surface area contributed by atoms with Crippen LogP contribution in [-0.4, -0.2) is 33.1 Å². The number of piperazine rings is 1. The van der Waals surface area contributed by atoms with E-state index in [0.717, 1.165) is 26.2 Å². The Labute approximate surface area is 99.0 Å². The fourth-order valence-electron chi connectivity index (χ4n) is 0.604. The third-order valence-electron chi connectivity index (χ3n) is 0.957. The van der Waals surface area contributed by atoms with Crippen LogP contribution in [0.3, 0.4) is 0 Å². The maximum absolute atomic E-state index is 8.68. The first-order valence-electron chi connectivity index (χ1n) is 3.37. The summed E-state index contributed by atoms with van der Waals surface area (Å²) in [6.45, 7) is 4.56. The molecule has 1 fully saturated rings. The van der Waals surface area contributed by atoms with Crippen molar-refractivity contribution in [2.75, 3.05) is 26.2 Å². The second kappa shape index (κ2) is 14.1. The zero-order chi connectivity index (χ0) is 11.4. The normalized spacial score (nSPS) is 15.4. The summed E-state index contributed by atoms with van der Waals surface area (Å²) >= 11 is -7.53. The second-order valence-electron chi connectivity index (χ2n) is 1.90. The van der Waals surface area contributed by atoms with E-state index in [1.165, 1.54) is 0 Å². The van der Waals surface area contributed by atoms with Gasteiger partial charge in [-0.05, 0) is 6.87 Å². The van der Waals surface area contributed by atoms with Gasteiger partial charge in [0.1, 0.15) is 0 Å². The summed E-state index contributed by atoms with van der Waals surface area (Å²) in [6.07, 6.45) is 0. The lowest BCUT2D eigenvalue weighted by molar-refractivity contribution is -1.63. The number of rotatable bonds is 0. The van der Waals surface area contributed by atoms with Crippen molar-refractivity contribution >= 4 is 0 Å².